The lowest BCUT2D eigenvalue weighted by molar-refractivity contribution is -0.275. The Labute approximate surface area is 149 Å². The standard InChI is InChI=1S/C15H10BrF3O5S/c1-9(20)11-8-10(16)6-7-12(11)24-25(21,22)14-5-3-2-4-13(14)23-15(17,18)19/h2-8H,1H3. The average Bonchev–Trinajstić information content (AvgIpc) is 2.47. The van der Waals surface area contributed by atoms with Crippen molar-refractivity contribution in [2.75, 3.05) is 0 Å². The molecule has 2 aromatic carbocycles. The summed E-state index contributed by atoms with van der Waals surface area (Å²) in [5, 5.41) is 0. The van der Waals surface area contributed by atoms with Crippen molar-refractivity contribution in [3.8, 4) is 11.5 Å². The summed E-state index contributed by atoms with van der Waals surface area (Å²) >= 11 is 3.13. The van der Waals surface area contributed by atoms with E-state index in [1.165, 1.54) is 37.3 Å². The molecule has 0 atom stereocenters. The van der Waals surface area contributed by atoms with Gasteiger partial charge in [-0.3, -0.25) is 4.79 Å². The molecule has 0 spiro atoms. The first-order chi connectivity index (χ1) is 11.5. The molecule has 25 heavy (non-hydrogen) atoms. The summed E-state index contributed by atoms with van der Waals surface area (Å²) in [4.78, 5) is 10.8. The normalized spacial score (nSPS) is 11.9. The van der Waals surface area contributed by atoms with Crippen molar-refractivity contribution in [1.82, 2.24) is 0 Å². The Morgan fingerprint density at radius 1 is 1.08 bits per heavy atom. The highest BCUT2D eigenvalue weighted by Crippen LogP contribution is 2.32. The second kappa shape index (κ2) is 7.04. The van der Waals surface area contributed by atoms with Gasteiger partial charge in [-0.25, -0.2) is 0 Å². The van der Waals surface area contributed by atoms with Crippen molar-refractivity contribution in [3.05, 3.63) is 52.5 Å². The highest BCUT2D eigenvalue weighted by Gasteiger charge is 2.34. The second-order valence-corrected chi connectivity index (χ2v) is 7.16. The van der Waals surface area contributed by atoms with Crippen molar-refractivity contribution in [2.45, 2.75) is 18.2 Å². The highest BCUT2D eigenvalue weighted by atomic mass is 79.9. The fraction of sp³-hybridized carbons (Fsp3) is 0.133. The molecule has 0 unspecified atom stereocenters. The molecule has 5 nitrogen and oxygen atoms in total. The number of hydrogen-bond donors (Lipinski definition) is 0. The number of halogens is 4. The summed E-state index contributed by atoms with van der Waals surface area (Å²) in [6.07, 6.45) is -5.08. The molecule has 0 N–H and O–H groups in total. The summed E-state index contributed by atoms with van der Waals surface area (Å²) in [5.74, 6) is -1.72. The largest absolute Gasteiger partial charge is 0.573 e. The van der Waals surface area contributed by atoms with Crippen LogP contribution >= 0.6 is 15.9 Å². The Balaban J connectivity index is 2.47. The van der Waals surface area contributed by atoms with Crippen LogP contribution in [-0.4, -0.2) is 20.6 Å². The van der Waals surface area contributed by atoms with Gasteiger partial charge in [0.25, 0.3) is 0 Å². The summed E-state index contributed by atoms with van der Waals surface area (Å²) < 4.78 is 71.2. The maximum absolute atomic E-state index is 12.4. The number of benzene rings is 2. The van der Waals surface area contributed by atoms with Crippen LogP contribution < -0.4 is 8.92 Å². The molecule has 0 amide bonds. The lowest BCUT2D eigenvalue weighted by atomic mass is 10.1. The van der Waals surface area contributed by atoms with E-state index in [2.05, 4.69) is 20.7 Å². The van der Waals surface area contributed by atoms with Gasteiger partial charge in [-0.2, -0.15) is 8.42 Å². The summed E-state index contributed by atoms with van der Waals surface area (Å²) in [7, 11) is -4.68. The van der Waals surface area contributed by atoms with Gasteiger partial charge in [0.1, 0.15) is 4.90 Å². The van der Waals surface area contributed by atoms with Crippen LogP contribution in [0.2, 0.25) is 0 Å². The van der Waals surface area contributed by atoms with Crippen LogP contribution in [0, 0.1) is 0 Å². The van der Waals surface area contributed by atoms with Crippen LogP contribution in [0.25, 0.3) is 0 Å². The zero-order valence-electron chi connectivity index (χ0n) is 12.5. The molecule has 0 aromatic heterocycles. The molecule has 10 heteroatoms. The number of Topliss-reactive ketones (excluding diaryl/α,β-unsaturated/α-hetero) is 1. The number of hydrogen-bond acceptors (Lipinski definition) is 5. The summed E-state index contributed by atoms with van der Waals surface area (Å²) in [5.41, 5.74) is -0.0489. The van der Waals surface area contributed by atoms with Crippen LogP contribution in [0.3, 0.4) is 0 Å². The fourth-order valence-corrected chi connectivity index (χ4v) is 3.31. The van der Waals surface area contributed by atoms with E-state index in [1.807, 2.05) is 0 Å². The Hall–Kier alpha value is -2.07. The van der Waals surface area contributed by atoms with Crippen LogP contribution in [0.1, 0.15) is 17.3 Å². The molecule has 0 aliphatic heterocycles. The molecule has 134 valence electrons. The third-order valence-corrected chi connectivity index (χ3v) is 4.63. The maximum Gasteiger partial charge on any atom is 0.573 e. The number of carbonyl (C=O) groups is 1. The van der Waals surface area contributed by atoms with E-state index in [-0.39, 0.29) is 11.3 Å². The number of ether oxygens (including phenoxy) is 1. The van der Waals surface area contributed by atoms with Gasteiger partial charge in [-0.05, 0) is 37.3 Å². The predicted octanol–water partition coefficient (Wildman–Crippen LogP) is 4.32. The number of para-hydroxylation sites is 1. The average molecular weight is 439 g/mol. The van der Waals surface area contributed by atoms with Gasteiger partial charge >= 0.3 is 16.5 Å². The molecular weight excluding hydrogens is 429 g/mol. The summed E-state index contributed by atoms with van der Waals surface area (Å²) in [6.45, 7) is 1.20. The topological polar surface area (TPSA) is 69.7 Å². The quantitative estimate of drug-likeness (QED) is 0.513. The van der Waals surface area contributed by atoms with E-state index in [0.717, 1.165) is 12.1 Å². The molecule has 0 aliphatic carbocycles. The van der Waals surface area contributed by atoms with Crippen LogP contribution in [0.15, 0.2) is 51.8 Å². The van der Waals surface area contributed by atoms with Gasteiger partial charge < -0.3 is 8.92 Å². The molecule has 0 saturated carbocycles. The first kappa shape index (κ1) is 19.3. The van der Waals surface area contributed by atoms with E-state index in [9.17, 15) is 26.4 Å². The number of rotatable bonds is 5. The second-order valence-electron chi connectivity index (χ2n) is 4.73. The molecular formula is C15H10BrF3O5S. The molecule has 0 radical (unpaired) electrons. The Morgan fingerprint density at radius 3 is 2.32 bits per heavy atom. The molecule has 0 saturated heterocycles. The smallest absolute Gasteiger partial charge is 0.404 e. The van der Waals surface area contributed by atoms with Crippen LogP contribution in [0.5, 0.6) is 11.5 Å². The SMILES string of the molecule is CC(=O)c1cc(Br)ccc1OS(=O)(=O)c1ccccc1OC(F)(F)F. The fourth-order valence-electron chi connectivity index (χ4n) is 1.88. The van der Waals surface area contributed by atoms with Crippen molar-refractivity contribution < 1.29 is 35.3 Å². The van der Waals surface area contributed by atoms with E-state index >= 15 is 0 Å². The highest BCUT2D eigenvalue weighted by molar-refractivity contribution is 9.10. The third-order valence-electron chi connectivity index (χ3n) is 2.86. The van der Waals surface area contributed by atoms with Gasteiger partial charge in [0, 0.05) is 4.47 Å². The van der Waals surface area contributed by atoms with E-state index in [4.69, 9.17) is 4.18 Å². The number of carbonyl (C=O) groups excluding carboxylic acids is 1. The van der Waals surface area contributed by atoms with Crippen molar-refractivity contribution >= 4 is 31.8 Å². The van der Waals surface area contributed by atoms with Crippen molar-refractivity contribution in [3.63, 3.8) is 0 Å². The van der Waals surface area contributed by atoms with E-state index in [1.54, 1.807) is 0 Å². The van der Waals surface area contributed by atoms with Crippen molar-refractivity contribution in [1.29, 1.82) is 0 Å². The van der Waals surface area contributed by atoms with Gasteiger partial charge in [0.15, 0.2) is 17.3 Å². The minimum absolute atomic E-state index is 0.0489. The Kier molecular flexibility index (Phi) is 5.43. The van der Waals surface area contributed by atoms with E-state index < -0.39 is 32.9 Å². The zero-order valence-corrected chi connectivity index (χ0v) is 14.9. The number of alkyl halides is 3. The zero-order chi connectivity index (χ0) is 18.8. The molecule has 0 fully saturated rings. The maximum atomic E-state index is 12.4. The predicted molar refractivity (Wildman–Crippen MR) is 85.1 cm³/mol. The van der Waals surface area contributed by atoms with Crippen molar-refractivity contribution in [2.24, 2.45) is 0 Å². The van der Waals surface area contributed by atoms with Gasteiger partial charge in [0.2, 0.25) is 0 Å². The molecule has 2 rings (SSSR count). The number of ketones is 1. The summed E-state index contributed by atoms with van der Waals surface area (Å²) in [6, 6.07) is 8.12. The minimum Gasteiger partial charge on any atom is -0.404 e. The van der Waals surface area contributed by atoms with Gasteiger partial charge in [-0.1, -0.05) is 28.1 Å². The lowest BCUT2D eigenvalue weighted by Gasteiger charge is -2.14. The molecule has 0 heterocycles. The Bertz CT molecular complexity index is 910. The minimum atomic E-state index is -5.08. The van der Waals surface area contributed by atoms with E-state index in [0.29, 0.717) is 4.47 Å². The first-order valence-electron chi connectivity index (χ1n) is 6.59. The molecule has 2 aromatic rings. The third kappa shape index (κ3) is 4.95. The Morgan fingerprint density at radius 2 is 1.72 bits per heavy atom. The van der Waals surface area contributed by atoms with Gasteiger partial charge in [-0.15, -0.1) is 13.2 Å². The molecule has 0 bridgehead atoms. The van der Waals surface area contributed by atoms with Crippen LogP contribution in [0.4, 0.5) is 13.2 Å². The van der Waals surface area contributed by atoms with Gasteiger partial charge in [0.05, 0.1) is 5.56 Å². The first-order valence-corrected chi connectivity index (χ1v) is 8.79. The van der Waals surface area contributed by atoms with Crippen LogP contribution in [-0.2, 0) is 10.1 Å². The molecule has 0 aliphatic rings. The lowest BCUT2D eigenvalue weighted by Crippen LogP contribution is -2.20. The monoisotopic (exact) mass is 438 g/mol.